The average Bonchev–Trinajstić information content (AvgIpc) is 3.23. The molecule has 0 aliphatic heterocycles. The quantitative estimate of drug-likeness (QED) is 0.665. The number of carbonyl (C=O) groups excluding carboxylic acids is 1. The van der Waals surface area contributed by atoms with Gasteiger partial charge in [-0.15, -0.1) is 0 Å². The van der Waals surface area contributed by atoms with Crippen LogP contribution < -0.4 is 0 Å². The Balaban J connectivity index is 1.84. The molecule has 0 aromatic heterocycles. The number of hydrogen-bond donors (Lipinski definition) is 0. The van der Waals surface area contributed by atoms with Crippen LogP contribution in [0.4, 0.5) is 0 Å². The lowest BCUT2D eigenvalue weighted by atomic mass is 10.1. The molecule has 0 saturated heterocycles. The molecule has 1 saturated carbocycles. The Morgan fingerprint density at radius 1 is 1.37 bits per heavy atom. The van der Waals surface area contributed by atoms with Crippen molar-refractivity contribution in [3.8, 4) is 0 Å². The molecule has 1 aliphatic rings. The Morgan fingerprint density at radius 3 is 2.79 bits per heavy atom. The van der Waals surface area contributed by atoms with E-state index >= 15 is 0 Å². The average molecular weight is 324 g/mol. The Hall–Kier alpha value is -0.670. The summed E-state index contributed by atoms with van der Waals surface area (Å²) in [4.78, 5) is 14.7. The fourth-order valence-electron chi connectivity index (χ4n) is 2.33. The number of hydrogen-bond acceptors (Lipinski definition) is 2. The van der Waals surface area contributed by atoms with Gasteiger partial charge in [0.25, 0.3) is 0 Å². The molecule has 3 heteroatoms. The monoisotopic (exact) mass is 323 g/mol. The van der Waals surface area contributed by atoms with Gasteiger partial charge in [0.1, 0.15) is 0 Å². The highest BCUT2D eigenvalue weighted by Crippen LogP contribution is 2.27. The van der Waals surface area contributed by atoms with Gasteiger partial charge in [-0.2, -0.15) is 0 Å². The summed E-state index contributed by atoms with van der Waals surface area (Å²) in [6.07, 6.45) is 5.73. The lowest BCUT2D eigenvalue weighted by molar-refractivity contribution is 0.0962. The molecule has 1 fully saturated rings. The first-order valence-corrected chi connectivity index (χ1v) is 8.03. The van der Waals surface area contributed by atoms with Gasteiger partial charge in [-0.3, -0.25) is 9.69 Å². The third-order valence-corrected chi connectivity index (χ3v) is 4.13. The molecule has 2 rings (SSSR count). The minimum Gasteiger partial charge on any atom is -0.300 e. The summed E-state index contributed by atoms with van der Waals surface area (Å²) in [6.45, 7) is 4.28. The van der Waals surface area contributed by atoms with Crippen LogP contribution in [0.1, 0.15) is 49.4 Å². The Morgan fingerprint density at radius 2 is 2.16 bits per heavy atom. The van der Waals surface area contributed by atoms with E-state index in [9.17, 15) is 4.79 Å². The molecular formula is C16H22BrNO. The Kier molecular flexibility index (Phi) is 5.59. The maximum absolute atomic E-state index is 12.2. The molecule has 104 valence electrons. The highest BCUT2D eigenvalue weighted by molar-refractivity contribution is 9.10. The zero-order valence-electron chi connectivity index (χ0n) is 11.6. The lowest BCUT2D eigenvalue weighted by Gasteiger charge is -2.21. The van der Waals surface area contributed by atoms with E-state index in [2.05, 4.69) is 27.8 Å². The number of Topliss-reactive ketones (excluding diaryl/α,β-unsaturated/α-hetero) is 1. The van der Waals surface area contributed by atoms with Gasteiger partial charge in [-0.25, -0.2) is 0 Å². The van der Waals surface area contributed by atoms with E-state index in [1.807, 2.05) is 24.3 Å². The second kappa shape index (κ2) is 7.20. The minimum atomic E-state index is 0.253. The highest BCUT2D eigenvalue weighted by atomic mass is 79.9. The van der Waals surface area contributed by atoms with Gasteiger partial charge in [0.2, 0.25) is 0 Å². The second-order valence-corrected chi connectivity index (χ2v) is 6.22. The molecule has 0 radical (unpaired) electrons. The molecule has 0 heterocycles. The maximum atomic E-state index is 12.2. The number of nitrogens with zero attached hydrogens (tertiary/aromatic N) is 1. The molecule has 0 N–H and O–H groups in total. The second-order valence-electron chi connectivity index (χ2n) is 5.30. The van der Waals surface area contributed by atoms with Gasteiger partial charge < -0.3 is 0 Å². The molecule has 0 spiro atoms. The topological polar surface area (TPSA) is 20.3 Å². The van der Waals surface area contributed by atoms with Gasteiger partial charge in [-0.05, 0) is 37.9 Å². The van der Waals surface area contributed by atoms with Crippen LogP contribution in [-0.2, 0) is 0 Å². The third kappa shape index (κ3) is 4.73. The van der Waals surface area contributed by atoms with Crippen molar-refractivity contribution in [3.63, 3.8) is 0 Å². The fraction of sp³-hybridized carbons (Fsp3) is 0.562. The van der Waals surface area contributed by atoms with E-state index in [-0.39, 0.29) is 5.78 Å². The molecule has 0 amide bonds. The van der Waals surface area contributed by atoms with E-state index in [1.54, 1.807) is 0 Å². The molecule has 0 unspecified atom stereocenters. The standard InChI is InChI=1S/C16H22BrNO/c1-2-3-10-18(15-7-8-15)11-9-16(19)13-5-4-6-14(17)12-13/h4-6,12,15H,2-3,7-11H2,1H3. The van der Waals surface area contributed by atoms with E-state index in [4.69, 9.17) is 0 Å². The summed E-state index contributed by atoms with van der Waals surface area (Å²) < 4.78 is 0.975. The first kappa shape index (κ1) is 14.7. The zero-order valence-corrected chi connectivity index (χ0v) is 13.2. The molecule has 2 nitrogen and oxygen atoms in total. The van der Waals surface area contributed by atoms with E-state index in [1.165, 1.54) is 25.7 Å². The van der Waals surface area contributed by atoms with Gasteiger partial charge >= 0.3 is 0 Å². The maximum Gasteiger partial charge on any atom is 0.164 e. The van der Waals surface area contributed by atoms with Crippen molar-refractivity contribution < 1.29 is 4.79 Å². The molecule has 1 aliphatic carbocycles. The summed E-state index contributed by atoms with van der Waals surface area (Å²) in [5.74, 6) is 0.253. The van der Waals surface area contributed by atoms with Crippen LogP contribution in [0.5, 0.6) is 0 Å². The predicted octanol–water partition coefficient (Wildman–Crippen LogP) is 4.29. The van der Waals surface area contributed by atoms with Crippen molar-refractivity contribution in [2.45, 2.75) is 45.1 Å². The van der Waals surface area contributed by atoms with Gasteiger partial charge in [0.05, 0.1) is 0 Å². The van der Waals surface area contributed by atoms with Crippen LogP contribution in [-0.4, -0.2) is 29.8 Å². The van der Waals surface area contributed by atoms with E-state index in [0.717, 1.165) is 29.2 Å². The van der Waals surface area contributed by atoms with Crippen LogP contribution in [0.25, 0.3) is 0 Å². The largest absolute Gasteiger partial charge is 0.300 e. The number of halogens is 1. The van der Waals surface area contributed by atoms with Gasteiger partial charge in [0.15, 0.2) is 5.78 Å². The SMILES string of the molecule is CCCCN(CCC(=O)c1cccc(Br)c1)C1CC1. The summed E-state index contributed by atoms with van der Waals surface area (Å²) in [5.41, 5.74) is 0.820. The van der Waals surface area contributed by atoms with Crippen LogP contribution in [0, 0.1) is 0 Å². The van der Waals surface area contributed by atoms with Crippen molar-refractivity contribution in [1.29, 1.82) is 0 Å². The number of carbonyl (C=O) groups is 1. The Labute approximate surface area is 124 Å². The number of benzene rings is 1. The first-order valence-electron chi connectivity index (χ1n) is 7.23. The predicted molar refractivity (Wildman–Crippen MR) is 82.6 cm³/mol. The molecule has 1 aromatic rings. The van der Waals surface area contributed by atoms with Crippen molar-refractivity contribution in [2.24, 2.45) is 0 Å². The van der Waals surface area contributed by atoms with Crippen molar-refractivity contribution >= 4 is 21.7 Å². The van der Waals surface area contributed by atoms with Gasteiger partial charge in [-0.1, -0.05) is 41.4 Å². The van der Waals surface area contributed by atoms with Crippen molar-refractivity contribution in [3.05, 3.63) is 34.3 Å². The molecule has 1 aromatic carbocycles. The van der Waals surface area contributed by atoms with Crippen molar-refractivity contribution in [1.82, 2.24) is 4.90 Å². The van der Waals surface area contributed by atoms with E-state index in [0.29, 0.717) is 6.42 Å². The number of ketones is 1. The summed E-state index contributed by atoms with van der Waals surface area (Å²) in [6, 6.07) is 8.44. The van der Waals surface area contributed by atoms with Crippen LogP contribution in [0.2, 0.25) is 0 Å². The summed E-state index contributed by atoms with van der Waals surface area (Å²) in [7, 11) is 0. The summed E-state index contributed by atoms with van der Waals surface area (Å²) in [5, 5.41) is 0. The number of unbranched alkanes of at least 4 members (excludes halogenated alkanes) is 1. The van der Waals surface area contributed by atoms with Gasteiger partial charge in [0, 0.05) is 29.0 Å². The smallest absolute Gasteiger partial charge is 0.164 e. The Bertz CT molecular complexity index is 429. The molecule has 19 heavy (non-hydrogen) atoms. The number of rotatable bonds is 8. The molecule has 0 bridgehead atoms. The van der Waals surface area contributed by atoms with Crippen LogP contribution >= 0.6 is 15.9 Å². The fourth-order valence-corrected chi connectivity index (χ4v) is 2.73. The van der Waals surface area contributed by atoms with E-state index < -0.39 is 0 Å². The third-order valence-electron chi connectivity index (χ3n) is 3.63. The molecule has 0 atom stereocenters. The van der Waals surface area contributed by atoms with Crippen LogP contribution in [0.15, 0.2) is 28.7 Å². The minimum absolute atomic E-state index is 0.253. The lowest BCUT2D eigenvalue weighted by Crippen LogP contribution is -2.29. The normalized spacial score (nSPS) is 14.9. The van der Waals surface area contributed by atoms with Crippen LogP contribution in [0.3, 0.4) is 0 Å². The van der Waals surface area contributed by atoms with Crippen molar-refractivity contribution in [2.75, 3.05) is 13.1 Å². The first-order chi connectivity index (χ1) is 9.20. The summed E-state index contributed by atoms with van der Waals surface area (Å²) >= 11 is 3.42. The highest BCUT2D eigenvalue weighted by Gasteiger charge is 2.28. The molecular weight excluding hydrogens is 302 g/mol. The zero-order chi connectivity index (χ0) is 13.7.